The first-order valence-electron chi connectivity index (χ1n) is 11.6. The minimum atomic E-state index is -3.99. The minimum Gasteiger partial charge on any atom is -0.387 e. The molecular formula is C25H33ClN6O2S. The first kappa shape index (κ1) is 26.8. The van der Waals surface area contributed by atoms with Crippen molar-refractivity contribution in [2.24, 2.45) is 25.6 Å². The van der Waals surface area contributed by atoms with Crippen molar-refractivity contribution in [1.82, 2.24) is 9.31 Å². The Labute approximate surface area is 213 Å². The predicted molar refractivity (Wildman–Crippen MR) is 144 cm³/mol. The monoisotopic (exact) mass is 516 g/mol. The third-order valence-corrected chi connectivity index (χ3v) is 7.52. The van der Waals surface area contributed by atoms with Crippen LogP contribution in [-0.2, 0) is 10.2 Å². The highest BCUT2D eigenvalue weighted by Gasteiger charge is 2.33. The van der Waals surface area contributed by atoms with Gasteiger partial charge in [-0.2, -0.15) is 22.8 Å². The zero-order valence-electron chi connectivity index (χ0n) is 20.8. The maximum atomic E-state index is 13.1. The molecule has 1 aliphatic rings. The molecule has 0 saturated carbocycles. The Balaban J connectivity index is 2.16. The summed E-state index contributed by atoms with van der Waals surface area (Å²) < 4.78 is 31.5. The standard InChI is InChI=1S/C25H33ClN6O2S/c1-6-31(7-2)35(33,34)30-24(28-23(27)25(3,4)5)32-17-21(18-11-9-8-10-12-18)22(29-32)19-13-15-20(26)16-14-19/h8-16,21H,6-7,17H2,1-5H3,(H2,27,28,30). The van der Waals surface area contributed by atoms with Gasteiger partial charge in [0.05, 0.1) is 12.3 Å². The zero-order chi connectivity index (χ0) is 25.8. The van der Waals surface area contributed by atoms with E-state index in [0.717, 1.165) is 16.8 Å². The Morgan fingerprint density at radius 1 is 1.11 bits per heavy atom. The van der Waals surface area contributed by atoms with Gasteiger partial charge in [-0.25, -0.2) is 5.01 Å². The van der Waals surface area contributed by atoms with E-state index in [4.69, 9.17) is 22.4 Å². The number of nitrogens with zero attached hydrogens (tertiary/aromatic N) is 5. The van der Waals surface area contributed by atoms with Crippen LogP contribution in [0.25, 0.3) is 0 Å². The van der Waals surface area contributed by atoms with Crippen LogP contribution in [0.1, 0.15) is 51.7 Å². The summed E-state index contributed by atoms with van der Waals surface area (Å²) in [7, 11) is -3.99. The topological polar surface area (TPSA) is 104 Å². The fourth-order valence-electron chi connectivity index (χ4n) is 3.57. The van der Waals surface area contributed by atoms with Crippen LogP contribution < -0.4 is 5.73 Å². The molecule has 0 spiro atoms. The normalized spacial score (nSPS) is 17.7. The molecule has 0 aliphatic carbocycles. The lowest BCUT2D eigenvalue weighted by Crippen LogP contribution is -2.35. The number of hydrogen-bond acceptors (Lipinski definition) is 3. The summed E-state index contributed by atoms with van der Waals surface area (Å²) in [6.45, 7) is 10.2. The number of rotatable bonds is 6. The van der Waals surface area contributed by atoms with Crippen molar-refractivity contribution >= 4 is 39.3 Å². The van der Waals surface area contributed by atoms with Gasteiger partial charge in [-0.05, 0) is 23.3 Å². The molecule has 0 saturated heterocycles. The smallest absolute Gasteiger partial charge is 0.325 e. The van der Waals surface area contributed by atoms with Gasteiger partial charge in [0, 0.05) is 29.4 Å². The van der Waals surface area contributed by atoms with Crippen LogP contribution in [0.5, 0.6) is 0 Å². The molecule has 3 rings (SSSR count). The average molecular weight is 517 g/mol. The van der Waals surface area contributed by atoms with E-state index < -0.39 is 15.6 Å². The van der Waals surface area contributed by atoms with Gasteiger partial charge in [0.2, 0.25) is 0 Å². The van der Waals surface area contributed by atoms with E-state index in [1.807, 2.05) is 63.2 Å². The number of hydrazone groups is 1. The number of hydrogen-bond donors (Lipinski definition) is 1. The molecule has 0 fully saturated rings. The average Bonchev–Trinajstić information content (AvgIpc) is 3.25. The van der Waals surface area contributed by atoms with Gasteiger partial charge in [-0.3, -0.25) is 0 Å². The number of benzene rings is 2. The van der Waals surface area contributed by atoms with E-state index in [1.165, 1.54) is 9.31 Å². The van der Waals surface area contributed by atoms with Crippen molar-refractivity contribution in [3.8, 4) is 0 Å². The molecule has 1 heterocycles. The molecule has 2 aromatic carbocycles. The van der Waals surface area contributed by atoms with Gasteiger partial charge < -0.3 is 5.73 Å². The Morgan fingerprint density at radius 2 is 1.71 bits per heavy atom. The molecule has 0 radical (unpaired) electrons. The quantitative estimate of drug-likeness (QED) is 0.451. The minimum absolute atomic E-state index is 0.0609. The molecule has 35 heavy (non-hydrogen) atoms. The first-order valence-corrected chi connectivity index (χ1v) is 13.3. The highest BCUT2D eigenvalue weighted by Crippen LogP contribution is 2.30. The Bertz CT molecular complexity index is 1210. The second kappa shape index (κ2) is 10.9. The molecule has 1 unspecified atom stereocenters. The second-order valence-corrected chi connectivity index (χ2v) is 11.3. The number of guanidine groups is 1. The lowest BCUT2D eigenvalue weighted by atomic mass is 9.91. The van der Waals surface area contributed by atoms with Crippen LogP contribution in [0.3, 0.4) is 0 Å². The summed E-state index contributed by atoms with van der Waals surface area (Å²) >= 11 is 6.11. The second-order valence-electron chi connectivity index (χ2n) is 9.24. The maximum Gasteiger partial charge on any atom is 0.325 e. The molecular weight excluding hydrogens is 484 g/mol. The van der Waals surface area contributed by atoms with E-state index in [2.05, 4.69) is 9.39 Å². The zero-order valence-corrected chi connectivity index (χ0v) is 22.4. The summed E-state index contributed by atoms with van der Waals surface area (Å²) in [4.78, 5) is 4.47. The number of aliphatic imine (C=N–C) groups is 1. The summed E-state index contributed by atoms with van der Waals surface area (Å²) in [5, 5.41) is 6.96. The number of nitrogens with two attached hydrogens (primary N) is 1. The Kier molecular flexibility index (Phi) is 8.35. The Morgan fingerprint density at radius 3 is 2.26 bits per heavy atom. The fraction of sp³-hybridized carbons (Fsp3) is 0.400. The molecule has 2 aromatic rings. The van der Waals surface area contributed by atoms with Crippen LogP contribution in [-0.4, -0.2) is 54.9 Å². The van der Waals surface area contributed by atoms with Crippen LogP contribution in [0.15, 0.2) is 69.1 Å². The number of amidine groups is 1. The van der Waals surface area contributed by atoms with Crippen LogP contribution in [0, 0.1) is 5.41 Å². The van der Waals surface area contributed by atoms with Crippen LogP contribution in [0.4, 0.5) is 0 Å². The lowest BCUT2D eigenvalue weighted by Gasteiger charge is -2.21. The van der Waals surface area contributed by atoms with Crippen molar-refractivity contribution in [3.05, 3.63) is 70.7 Å². The highest BCUT2D eigenvalue weighted by molar-refractivity contribution is 7.87. The lowest BCUT2D eigenvalue weighted by molar-refractivity contribution is 0.441. The van der Waals surface area contributed by atoms with Gasteiger partial charge in [0.15, 0.2) is 0 Å². The molecule has 188 valence electrons. The summed E-state index contributed by atoms with van der Waals surface area (Å²) in [6.07, 6.45) is 0. The molecule has 0 aromatic heterocycles. The molecule has 2 N–H and O–H groups in total. The third-order valence-electron chi connectivity index (χ3n) is 5.70. The van der Waals surface area contributed by atoms with Gasteiger partial charge in [-0.15, -0.1) is 4.40 Å². The van der Waals surface area contributed by atoms with E-state index in [0.29, 0.717) is 24.7 Å². The summed E-state index contributed by atoms with van der Waals surface area (Å²) in [6, 6.07) is 17.3. The molecule has 1 aliphatic heterocycles. The van der Waals surface area contributed by atoms with Crippen LogP contribution in [0.2, 0.25) is 5.02 Å². The van der Waals surface area contributed by atoms with Crippen molar-refractivity contribution < 1.29 is 8.42 Å². The third kappa shape index (κ3) is 6.48. The van der Waals surface area contributed by atoms with E-state index in [9.17, 15) is 8.42 Å². The van der Waals surface area contributed by atoms with Crippen molar-refractivity contribution in [3.63, 3.8) is 0 Å². The van der Waals surface area contributed by atoms with Crippen molar-refractivity contribution in [1.29, 1.82) is 0 Å². The highest BCUT2D eigenvalue weighted by atomic mass is 35.5. The van der Waals surface area contributed by atoms with Gasteiger partial charge in [0.25, 0.3) is 5.96 Å². The van der Waals surface area contributed by atoms with Gasteiger partial charge >= 0.3 is 10.2 Å². The van der Waals surface area contributed by atoms with Gasteiger partial charge in [-0.1, -0.05) is 88.7 Å². The first-order chi connectivity index (χ1) is 16.5. The van der Waals surface area contributed by atoms with Crippen molar-refractivity contribution in [2.75, 3.05) is 19.6 Å². The molecule has 1 atom stereocenters. The molecule has 0 bridgehead atoms. The molecule has 8 nitrogen and oxygen atoms in total. The van der Waals surface area contributed by atoms with Crippen molar-refractivity contribution in [2.45, 2.75) is 40.5 Å². The fourth-order valence-corrected chi connectivity index (χ4v) is 4.80. The Hall–Kier alpha value is -2.75. The van der Waals surface area contributed by atoms with E-state index in [-0.39, 0.29) is 17.7 Å². The maximum absolute atomic E-state index is 13.1. The SMILES string of the molecule is CCN(CC)S(=O)(=O)N=C(N=C(N)C(C)(C)C)N1CC(c2ccccc2)C(c2ccc(Cl)cc2)=N1. The predicted octanol–water partition coefficient (Wildman–Crippen LogP) is 4.49. The molecule has 10 heteroatoms. The summed E-state index contributed by atoms with van der Waals surface area (Å²) in [5.74, 6) is 0.0661. The largest absolute Gasteiger partial charge is 0.387 e. The van der Waals surface area contributed by atoms with E-state index in [1.54, 1.807) is 26.0 Å². The summed E-state index contributed by atoms with van der Waals surface area (Å²) in [5.41, 5.74) is 8.47. The van der Waals surface area contributed by atoms with Gasteiger partial charge in [0.1, 0.15) is 5.84 Å². The van der Waals surface area contributed by atoms with Crippen LogP contribution >= 0.6 is 11.6 Å². The number of halogens is 1. The van der Waals surface area contributed by atoms with E-state index >= 15 is 0 Å². The molecule has 0 amide bonds.